The van der Waals surface area contributed by atoms with Gasteiger partial charge in [0.05, 0.1) is 12.5 Å². The highest BCUT2D eigenvalue weighted by molar-refractivity contribution is 5.78. The zero-order valence-corrected chi connectivity index (χ0v) is 11.6. The van der Waals surface area contributed by atoms with Gasteiger partial charge in [-0.05, 0) is 31.7 Å². The van der Waals surface area contributed by atoms with Crippen LogP contribution < -0.4 is 5.32 Å². The van der Waals surface area contributed by atoms with Crippen LogP contribution in [0.3, 0.4) is 0 Å². The van der Waals surface area contributed by atoms with Crippen LogP contribution in [0.4, 0.5) is 0 Å². The Hall–Kier alpha value is -1.10. The average Bonchev–Trinajstić information content (AvgIpc) is 2.80. The average molecular weight is 268 g/mol. The fraction of sp³-hybridized carbons (Fsp3) is 0.857. The highest BCUT2D eigenvalue weighted by Gasteiger charge is 2.30. The number of hydrogen-bond acceptors (Lipinski definition) is 3. The van der Waals surface area contributed by atoms with Crippen molar-refractivity contribution >= 4 is 11.9 Å². The third-order valence-electron chi connectivity index (χ3n) is 4.45. The number of nitrogens with one attached hydrogen (secondary N) is 1. The second-order valence-electron chi connectivity index (χ2n) is 5.99. The van der Waals surface area contributed by atoms with E-state index in [0.29, 0.717) is 38.0 Å². The minimum Gasteiger partial charge on any atom is -0.481 e. The summed E-state index contributed by atoms with van der Waals surface area (Å²) in [6, 6.07) is 0.305. The van der Waals surface area contributed by atoms with E-state index in [-0.39, 0.29) is 11.8 Å². The largest absolute Gasteiger partial charge is 0.481 e. The van der Waals surface area contributed by atoms with Crippen LogP contribution in [0.2, 0.25) is 0 Å². The number of aliphatic carboxylic acids is 1. The number of carbonyl (C=O) groups excluding carboxylic acids is 1. The lowest BCUT2D eigenvalue weighted by Gasteiger charge is -2.30. The Morgan fingerprint density at radius 3 is 2.63 bits per heavy atom. The summed E-state index contributed by atoms with van der Waals surface area (Å²) in [5.74, 6) is -0.446. The summed E-state index contributed by atoms with van der Waals surface area (Å²) in [7, 11) is 0. The smallest absolute Gasteiger partial charge is 0.307 e. The molecule has 2 aliphatic rings. The minimum atomic E-state index is -0.746. The third kappa shape index (κ3) is 3.93. The Morgan fingerprint density at radius 2 is 2.00 bits per heavy atom. The Morgan fingerprint density at radius 1 is 1.26 bits per heavy atom. The first-order valence-corrected chi connectivity index (χ1v) is 7.31. The molecule has 1 amide bonds. The molecule has 0 spiro atoms. The number of carboxylic acid groups (broad SMARTS) is 1. The summed E-state index contributed by atoms with van der Waals surface area (Å²) in [5.41, 5.74) is 0. The van der Waals surface area contributed by atoms with E-state index in [1.165, 1.54) is 19.3 Å². The molecular formula is C14H24N2O3. The zero-order valence-electron chi connectivity index (χ0n) is 11.6. The number of carbonyl (C=O) groups is 2. The van der Waals surface area contributed by atoms with E-state index in [9.17, 15) is 9.59 Å². The third-order valence-corrected chi connectivity index (χ3v) is 4.45. The van der Waals surface area contributed by atoms with Crippen molar-refractivity contribution in [2.24, 2.45) is 11.8 Å². The van der Waals surface area contributed by atoms with Gasteiger partial charge in [0.2, 0.25) is 5.91 Å². The molecule has 5 heteroatoms. The van der Waals surface area contributed by atoms with Gasteiger partial charge < -0.3 is 10.4 Å². The quantitative estimate of drug-likeness (QED) is 0.800. The standard InChI is InChI=1S/C14H24N2O3/c1-10-4-2-3-5-12(10)15-13(17)9-16-7-6-11(8-16)14(18)19/h10-12H,2-9H2,1H3,(H,15,17)(H,18,19). The van der Waals surface area contributed by atoms with Crippen LogP contribution in [-0.2, 0) is 9.59 Å². The topological polar surface area (TPSA) is 69.6 Å². The number of likely N-dealkylation sites (tertiary alicyclic amines) is 1. The molecule has 108 valence electrons. The summed E-state index contributed by atoms with van der Waals surface area (Å²) in [4.78, 5) is 24.8. The molecule has 1 aliphatic heterocycles. The van der Waals surface area contributed by atoms with Gasteiger partial charge in [0, 0.05) is 12.6 Å². The minimum absolute atomic E-state index is 0.0461. The summed E-state index contributed by atoms with van der Waals surface area (Å²) >= 11 is 0. The molecule has 2 N–H and O–H groups in total. The first-order chi connectivity index (χ1) is 9.06. The van der Waals surface area contributed by atoms with Crippen molar-refractivity contribution in [3.63, 3.8) is 0 Å². The van der Waals surface area contributed by atoms with Crippen molar-refractivity contribution in [3.8, 4) is 0 Å². The van der Waals surface area contributed by atoms with Crippen LogP contribution in [-0.4, -0.2) is 47.6 Å². The molecule has 2 fully saturated rings. The van der Waals surface area contributed by atoms with Crippen molar-refractivity contribution in [1.82, 2.24) is 10.2 Å². The molecule has 0 bridgehead atoms. The van der Waals surface area contributed by atoms with Crippen molar-refractivity contribution in [1.29, 1.82) is 0 Å². The van der Waals surface area contributed by atoms with Crippen LogP contribution in [0.5, 0.6) is 0 Å². The van der Waals surface area contributed by atoms with Crippen LogP contribution in [0.15, 0.2) is 0 Å². The zero-order chi connectivity index (χ0) is 13.8. The highest BCUT2D eigenvalue weighted by atomic mass is 16.4. The molecule has 0 radical (unpaired) electrons. The van der Waals surface area contributed by atoms with E-state index in [2.05, 4.69) is 12.2 Å². The lowest BCUT2D eigenvalue weighted by molar-refractivity contribution is -0.141. The van der Waals surface area contributed by atoms with Gasteiger partial charge in [-0.15, -0.1) is 0 Å². The Balaban J connectivity index is 1.74. The number of rotatable bonds is 4. The van der Waals surface area contributed by atoms with Gasteiger partial charge in [0.25, 0.3) is 0 Å². The first-order valence-electron chi connectivity index (χ1n) is 7.31. The van der Waals surface area contributed by atoms with E-state index in [4.69, 9.17) is 5.11 Å². The number of amides is 1. The SMILES string of the molecule is CC1CCCCC1NC(=O)CN1CCC(C(=O)O)C1. The molecule has 1 saturated heterocycles. The maximum Gasteiger partial charge on any atom is 0.307 e. The van der Waals surface area contributed by atoms with Gasteiger partial charge in [-0.2, -0.15) is 0 Å². The molecule has 2 rings (SSSR count). The lowest BCUT2D eigenvalue weighted by atomic mass is 9.86. The fourth-order valence-electron chi connectivity index (χ4n) is 3.16. The number of nitrogens with zero attached hydrogens (tertiary/aromatic N) is 1. The van der Waals surface area contributed by atoms with Gasteiger partial charge >= 0.3 is 5.97 Å². The van der Waals surface area contributed by atoms with Gasteiger partial charge in [0.1, 0.15) is 0 Å². The van der Waals surface area contributed by atoms with E-state index in [0.717, 1.165) is 6.42 Å². The Labute approximate surface area is 114 Å². The maximum atomic E-state index is 12.0. The monoisotopic (exact) mass is 268 g/mol. The van der Waals surface area contributed by atoms with Gasteiger partial charge in [-0.25, -0.2) is 0 Å². The predicted molar refractivity (Wildman–Crippen MR) is 71.7 cm³/mol. The molecule has 3 unspecified atom stereocenters. The predicted octanol–water partition coefficient (Wildman–Crippen LogP) is 1.09. The van der Waals surface area contributed by atoms with E-state index >= 15 is 0 Å². The molecule has 5 nitrogen and oxygen atoms in total. The van der Waals surface area contributed by atoms with Crippen LogP contribution in [0, 0.1) is 11.8 Å². The summed E-state index contributed by atoms with van der Waals surface area (Å²) in [6.07, 6.45) is 5.38. The molecule has 19 heavy (non-hydrogen) atoms. The van der Waals surface area contributed by atoms with E-state index in [1.54, 1.807) is 0 Å². The molecule has 0 aromatic carbocycles. The molecule has 3 atom stereocenters. The second-order valence-corrected chi connectivity index (χ2v) is 5.99. The normalized spacial score (nSPS) is 32.2. The molecule has 0 aromatic heterocycles. The second kappa shape index (κ2) is 6.37. The van der Waals surface area contributed by atoms with Crippen molar-refractivity contribution in [2.45, 2.75) is 45.1 Å². The molecule has 1 aliphatic carbocycles. The fourth-order valence-corrected chi connectivity index (χ4v) is 3.16. The van der Waals surface area contributed by atoms with E-state index < -0.39 is 5.97 Å². The summed E-state index contributed by atoms with van der Waals surface area (Å²) in [6.45, 7) is 3.75. The Kier molecular flexibility index (Phi) is 4.80. The molecule has 1 heterocycles. The number of carboxylic acids is 1. The van der Waals surface area contributed by atoms with Crippen LogP contribution in [0.25, 0.3) is 0 Å². The Bertz CT molecular complexity index is 346. The van der Waals surface area contributed by atoms with Crippen LogP contribution >= 0.6 is 0 Å². The van der Waals surface area contributed by atoms with Crippen LogP contribution in [0.1, 0.15) is 39.0 Å². The lowest BCUT2D eigenvalue weighted by Crippen LogP contribution is -2.45. The number of hydrogen-bond donors (Lipinski definition) is 2. The van der Waals surface area contributed by atoms with Crippen molar-refractivity contribution in [2.75, 3.05) is 19.6 Å². The highest BCUT2D eigenvalue weighted by Crippen LogP contribution is 2.23. The first kappa shape index (κ1) is 14.3. The summed E-state index contributed by atoms with van der Waals surface area (Å²) in [5, 5.41) is 12.0. The van der Waals surface area contributed by atoms with Gasteiger partial charge in [-0.1, -0.05) is 19.8 Å². The maximum absolute atomic E-state index is 12.0. The van der Waals surface area contributed by atoms with Gasteiger partial charge in [-0.3, -0.25) is 14.5 Å². The van der Waals surface area contributed by atoms with Crippen molar-refractivity contribution < 1.29 is 14.7 Å². The van der Waals surface area contributed by atoms with E-state index in [1.807, 2.05) is 4.90 Å². The van der Waals surface area contributed by atoms with Crippen molar-refractivity contribution in [3.05, 3.63) is 0 Å². The molecular weight excluding hydrogens is 244 g/mol. The molecule has 1 saturated carbocycles. The molecule has 0 aromatic rings. The summed E-state index contributed by atoms with van der Waals surface area (Å²) < 4.78 is 0. The van der Waals surface area contributed by atoms with Gasteiger partial charge in [0.15, 0.2) is 0 Å².